The maximum absolute atomic E-state index is 9.64. The molecule has 0 bridgehead atoms. The highest BCUT2D eigenvalue weighted by atomic mass is 32.1. The first kappa shape index (κ1) is 23.4. The summed E-state index contributed by atoms with van der Waals surface area (Å²) in [5.74, 6) is 1.30. The van der Waals surface area contributed by atoms with Crippen molar-refractivity contribution in [3.63, 3.8) is 0 Å². The summed E-state index contributed by atoms with van der Waals surface area (Å²) in [4.78, 5) is 10.9. The summed E-state index contributed by atoms with van der Waals surface area (Å²) >= 11 is 3.24. The Balaban J connectivity index is 1.21. The number of anilines is 2. The summed E-state index contributed by atoms with van der Waals surface area (Å²) in [5.41, 5.74) is 3.04. The summed E-state index contributed by atoms with van der Waals surface area (Å²) in [6.07, 6.45) is 7.61. The molecular weight excluding hydrogens is 460 g/mol. The lowest BCUT2D eigenvalue weighted by Crippen LogP contribution is -2.07. The molecule has 6 nitrogen and oxygen atoms in total. The van der Waals surface area contributed by atoms with Crippen molar-refractivity contribution in [3.8, 4) is 33.0 Å². The van der Waals surface area contributed by atoms with Gasteiger partial charge in [-0.15, -0.1) is 22.7 Å². The molecule has 0 atom stereocenters. The number of rotatable bonds is 11. The van der Waals surface area contributed by atoms with E-state index in [1.165, 1.54) is 0 Å². The van der Waals surface area contributed by atoms with Crippen LogP contribution in [-0.4, -0.2) is 23.1 Å². The summed E-state index contributed by atoms with van der Waals surface area (Å²) in [6, 6.07) is 16.4. The molecule has 0 aliphatic carbocycles. The molecule has 0 amide bonds. The van der Waals surface area contributed by atoms with E-state index >= 15 is 0 Å². The summed E-state index contributed by atoms with van der Waals surface area (Å²) < 4.78 is 0. The molecule has 4 aromatic heterocycles. The van der Waals surface area contributed by atoms with Gasteiger partial charge < -0.3 is 10.6 Å². The van der Waals surface area contributed by atoms with E-state index in [1.807, 2.05) is 47.2 Å². The molecule has 4 rings (SSSR count). The van der Waals surface area contributed by atoms with Crippen LogP contribution in [0.4, 0.5) is 11.6 Å². The molecule has 0 aliphatic heterocycles. The topological polar surface area (TPSA) is 97.4 Å². The van der Waals surface area contributed by atoms with E-state index in [4.69, 9.17) is 0 Å². The lowest BCUT2D eigenvalue weighted by atomic mass is 10.1. The third-order valence-corrected chi connectivity index (χ3v) is 7.19. The Morgan fingerprint density at radius 1 is 0.676 bits per heavy atom. The van der Waals surface area contributed by atoms with Crippen molar-refractivity contribution in [3.05, 3.63) is 70.7 Å². The van der Waals surface area contributed by atoms with Crippen LogP contribution in [0.1, 0.15) is 36.8 Å². The third kappa shape index (κ3) is 5.60. The number of pyridine rings is 2. The first-order chi connectivity index (χ1) is 16.8. The van der Waals surface area contributed by atoms with Crippen LogP contribution in [0.2, 0.25) is 0 Å². The molecule has 34 heavy (non-hydrogen) atoms. The minimum atomic E-state index is 0.597. The Morgan fingerprint density at radius 2 is 1.15 bits per heavy atom. The molecule has 8 heteroatoms. The second kappa shape index (κ2) is 11.9. The molecule has 0 radical (unpaired) electrons. The highest BCUT2D eigenvalue weighted by Gasteiger charge is 2.13. The van der Waals surface area contributed by atoms with Crippen molar-refractivity contribution in [1.82, 2.24) is 9.97 Å². The van der Waals surface area contributed by atoms with Crippen molar-refractivity contribution in [2.75, 3.05) is 23.7 Å². The number of nitriles is 2. The van der Waals surface area contributed by atoms with Crippen molar-refractivity contribution in [1.29, 1.82) is 10.5 Å². The van der Waals surface area contributed by atoms with E-state index in [9.17, 15) is 10.5 Å². The SMILES string of the molecule is N#Cc1c(-c2cccs2)ccnc1NCCCCCCNc1nccc(-c2cccs2)c1C#N. The number of hydrogen-bond acceptors (Lipinski definition) is 8. The lowest BCUT2D eigenvalue weighted by Gasteiger charge is -2.11. The lowest BCUT2D eigenvalue weighted by molar-refractivity contribution is 0.669. The largest absolute Gasteiger partial charge is 0.369 e. The van der Waals surface area contributed by atoms with Crippen LogP contribution < -0.4 is 10.6 Å². The number of aromatic nitrogens is 2. The van der Waals surface area contributed by atoms with Gasteiger partial charge in [0.05, 0.1) is 0 Å². The molecule has 0 unspecified atom stereocenters. The predicted octanol–water partition coefficient (Wildman–Crippen LogP) is 6.76. The monoisotopic (exact) mass is 484 g/mol. The van der Waals surface area contributed by atoms with Crippen LogP contribution in [0.25, 0.3) is 20.9 Å². The Labute approximate surface area is 207 Å². The van der Waals surface area contributed by atoms with E-state index in [0.717, 1.165) is 59.7 Å². The van der Waals surface area contributed by atoms with Crippen LogP contribution in [0, 0.1) is 22.7 Å². The third-order valence-electron chi connectivity index (χ3n) is 5.39. The van der Waals surface area contributed by atoms with E-state index in [1.54, 1.807) is 35.1 Å². The smallest absolute Gasteiger partial charge is 0.144 e. The molecule has 2 N–H and O–H groups in total. The van der Waals surface area contributed by atoms with Crippen molar-refractivity contribution in [2.45, 2.75) is 25.7 Å². The van der Waals surface area contributed by atoms with Gasteiger partial charge in [0.1, 0.15) is 34.9 Å². The molecule has 4 aromatic rings. The van der Waals surface area contributed by atoms with Crippen LogP contribution in [-0.2, 0) is 0 Å². The van der Waals surface area contributed by atoms with E-state index in [0.29, 0.717) is 22.8 Å². The standard InChI is InChI=1S/C26H24N6S2/c27-17-21-19(23-7-5-15-33-23)9-13-31-25(21)29-11-3-1-2-4-12-30-26-22(18-28)20(10-14-32-26)24-8-6-16-34-24/h5-10,13-16H,1-4,11-12H2,(H,29,31)(H,30,32). The maximum atomic E-state index is 9.64. The molecule has 170 valence electrons. The van der Waals surface area contributed by atoms with E-state index < -0.39 is 0 Å². The van der Waals surface area contributed by atoms with Gasteiger partial charge in [-0.3, -0.25) is 0 Å². The van der Waals surface area contributed by atoms with Gasteiger partial charge in [0.15, 0.2) is 0 Å². The first-order valence-corrected chi connectivity index (χ1v) is 12.9. The van der Waals surface area contributed by atoms with Crippen LogP contribution in [0.15, 0.2) is 59.6 Å². The second-order valence-corrected chi connectivity index (χ2v) is 9.51. The number of unbranched alkanes of at least 4 members (excludes halogenated alkanes) is 3. The van der Waals surface area contributed by atoms with E-state index in [2.05, 4.69) is 32.7 Å². The average Bonchev–Trinajstić information content (AvgIpc) is 3.60. The zero-order chi connectivity index (χ0) is 23.6. The molecule has 0 aliphatic rings. The van der Waals surface area contributed by atoms with Crippen LogP contribution in [0.3, 0.4) is 0 Å². The fraction of sp³-hybridized carbons (Fsp3) is 0.231. The second-order valence-electron chi connectivity index (χ2n) is 7.61. The number of hydrogen-bond donors (Lipinski definition) is 2. The van der Waals surface area contributed by atoms with Gasteiger partial charge in [-0.2, -0.15) is 10.5 Å². The molecule has 0 spiro atoms. The van der Waals surface area contributed by atoms with Crippen molar-refractivity contribution >= 4 is 34.3 Å². The zero-order valence-electron chi connectivity index (χ0n) is 18.6. The molecular formula is C26H24N6S2. The normalized spacial score (nSPS) is 10.4. The maximum Gasteiger partial charge on any atom is 0.144 e. The average molecular weight is 485 g/mol. The van der Waals surface area contributed by atoms with Gasteiger partial charge >= 0.3 is 0 Å². The number of nitrogens with one attached hydrogen (secondary N) is 2. The highest BCUT2D eigenvalue weighted by Crippen LogP contribution is 2.31. The summed E-state index contributed by atoms with van der Waals surface area (Å²) in [6.45, 7) is 1.54. The van der Waals surface area contributed by atoms with Crippen molar-refractivity contribution < 1.29 is 0 Å². The Hall–Kier alpha value is -3.72. The van der Waals surface area contributed by atoms with Crippen LogP contribution >= 0.6 is 22.7 Å². The van der Waals surface area contributed by atoms with Gasteiger partial charge in [0.25, 0.3) is 0 Å². The highest BCUT2D eigenvalue weighted by molar-refractivity contribution is 7.13. The quantitative estimate of drug-likeness (QED) is 0.228. The zero-order valence-corrected chi connectivity index (χ0v) is 20.3. The predicted molar refractivity (Wildman–Crippen MR) is 140 cm³/mol. The van der Waals surface area contributed by atoms with Gasteiger partial charge in [-0.1, -0.05) is 25.0 Å². The van der Waals surface area contributed by atoms with Gasteiger partial charge in [-0.05, 0) is 47.9 Å². The van der Waals surface area contributed by atoms with E-state index in [-0.39, 0.29) is 0 Å². The molecule has 0 saturated carbocycles. The Morgan fingerprint density at radius 3 is 1.53 bits per heavy atom. The van der Waals surface area contributed by atoms with Crippen molar-refractivity contribution in [2.24, 2.45) is 0 Å². The Kier molecular flexibility index (Phi) is 8.23. The molecule has 0 fully saturated rings. The fourth-order valence-corrected chi connectivity index (χ4v) is 5.23. The first-order valence-electron chi connectivity index (χ1n) is 11.2. The minimum absolute atomic E-state index is 0.597. The number of nitrogens with zero attached hydrogens (tertiary/aromatic N) is 4. The number of thiophene rings is 2. The minimum Gasteiger partial charge on any atom is -0.369 e. The Bertz CT molecular complexity index is 1180. The summed E-state index contributed by atoms with van der Waals surface area (Å²) in [5, 5.41) is 30.0. The summed E-state index contributed by atoms with van der Waals surface area (Å²) in [7, 11) is 0. The van der Waals surface area contributed by atoms with Crippen LogP contribution in [0.5, 0.6) is 0 Å². The fourth-order valence-electron chi connectivity index (χ4n) is 3.71. The molecule has 0 aromatic carbocycles. The van der Waals surface area contributed by atoms with Gasteiger partial charge in [0.2, 0.25) is 0 Å². The van der Waals surface area contributed by atoms with Gasteiger partial charge in [0, 0.05) is 46.4 Å². The molecule has 0 saturated heterocycles. The van der Waals surface area contributed by atoms with Gasteiger partial charge in [-0.25, -0.2) is 9.97 Å². The molecule has 4 heterocycles.